The average molecular weight is 273 g/mol. The maximum Gasteiger partial charge on any atom is 0.281 e. The first-order valence-corrected chi connectivity index (χ1v) is 7.83. The lowest BCUT2D eigenvalue weighted by molar-refractivity contribution is -0.129. The molecule has 0 aromatic carbocycles. The zero-order valence-corrected chi connectivity index (χ0v) is 11.6. The lowest BCUT2D eigenvalue weighted by Crippen LogP contribution is -2.45. The number of likely N-dealkylation sites (tertiary alicyclic amines) is 1. The summed E-state index contributed by atoms with van der Waals surface area (Å²) in [6, 6.07) is 0.347. The zero-order chi connectivity index (χ0) is 13.1. The zero-order valence-electron chi connectivity index (χ0n) is 10.7. The maximum atomic E-state index is 12.2. The number of rotatable bonds is 3. The van der Waals surface area contributed by atoms with Gasteiger partial charge in [0.2, 0.25) is 5.91 Å². The van der Waals surface area contributed by atoms with Gasteiger partial charge in [-0.2, -0.15) is 17.0 Å². The molecule has 3 fully saturated rings. The van der Waals surface area contributed by atoms with Crippen molar-refractivity contribution in [2.24, 2.45) is 0 Å². The summed E-state index contributed by atoms with van der Waals surface area (Å²) in [6.45, 7) is 0.534. The molecule has 2 heterocycles. The van der Waals surface area contributed by atoms with E-state index < -0.39 is 10.2 Å². The van der Waals surface area contributed by atoms with E-state index in [1.807, 2.05) is 4.90 Å². The van der Waals surface area contributed by atoms with E-state index in [0.717, 1.165) is 19.3 Å². The highest BCUT2D eigenvalue weighted by atomic mass is 32.2. The van der Waals surface area contributed by atoms with Gasteiger partial charge < -0.3 is 4.90 Å². The summed E-state index contributed by atoms with van der Waals surface area (Å²) in [4.78, 5) is 14.0. The van der Waals surface area contributed by atoms with Crippen LogP contribution < -0.4 is 0 Å². The summed E-state index contributed by atoms with van der Waals surface area (Å²) >= 11 is 0. The second-order valence-corrected chi connectivity index (χ2v) is 7.66. The third-order valence-corrected chi connectivity index (χ3v) is 6.16. The van der Waals surface area contributed by atoms with Crippen LogP contribution >= 0.6 is 0 Å². The monoisotopic (exact) mass is 273 g/mol. The Labute approximate surface area is 108 Å². The van der Waals surface area contributed by atoms with Crippen molar-refractivity contribution in [3.05, 3.63) is 0 Å². The second kappa shape index (κ2) is 3.91. The average Bonchev–Trinajstić information content (AvgIpc) is 2.93. The minimum atomic E-state index is -3.40. The molecule has 2 atom stereocenters. The molecule has 0 N–H and O–H groups in total. The van der Waals surface area contributed by atoms with Crippen molar-refractivity contribution in [1.29, 1.82) is 0 Å². The van der Waals surface area contributed by atoms with E-state index in [-0.39, 0.29) is 18.0 Å². The third kappa shape index (κ3) is 1.68. The van der Waals surface area contributed by atoms with Gasteiger partial charge in [-0.1, -0.05) is 0 Å². The normalized spacial score (nSPS) is 33.5. The molecule has 18 heavy (non-hydrogen) atoms. The highest BCUT2D eigenvalue weighted by Gasteiger charge is 2.54. The molecule has 1 aliphatic carbocycles. The van der Waals surface area contributed by atoms with Crippen molar-refractivity contribution in [3.8, 4) is 0 Å². The van der Waals surface area contributed by atoms with Crippen LogP contribution in [0.1, 0.15) is 25.7 Å². The number of nitrogens with zero attached hydrogens (tertiary/aromatic N) is 3. The third-order valence-electron chi connectivity index (χ3n) is 4.19. The van der Waals surface area contributed by atoms with E-state index in [4.69, 9.17) is 0 Å². The van der Waals surface area contributed by atoms with Gasteiger partial charge in [0.15, 0.2) is 0 Å². The molecule has 3 aliphatic rings. The van der Waals surface area contributed by atoms with Crippen molar-refractivity contribution in [2.45, 2.75) is 43.8 Å². The van der Waals surface area contributed by atoms with Gasteiger partial charge in [0.05, 0.1) is 12.1 Å². The minimum absolute atomic E-state index is 0.111. The summed E-state index contributed by atoms with van der Waals surface area (Å²) in [5.74, 6) is 0.131. The lowest BCUT2D eigenvalue weighted by atomic mass is 10.1. The molecule has 1 amide bonds. The number of amides is 1. The van der Waals surface area contributed by atoms with Crippen LogP contribution in [0, 0.1) is 0 Å². The van der Waals surface area contributed by atoms with Crippen LogP contribution in [-0.2, 0) is 15.0 Å². The molecule has 0 unspecified atom stereocenters. The highest BCUT2D eigenvalue weighted by Crippen LogP contribution is 2.41. The summed E-state index contributed by atoms with van der Waals surface area (Å²) in [5, 5.41) is 0. The Balaban J connectivity index is 1.85. The van der Waals surface area contributed by atoms with E-state index in [0.29, 0.717) is 19.0 Å². The number of hydrogen-bond acceptors (Lipinski definition) is 3. The summed E-state index contributed by atoms with van der Waals surface area (Å²) in [6.07, 6.45) is 3.29. The summed E-state index contributed by atoms with van der Waals surface area (Å²) in [5.41, 5.74) is 0. The second-order valence-electron chi connectivity index (χ2n) is 5.56. The first-order valence-electron chi connectivity index (χ1n) is 6.43. The molecular formula is C11H19N3O3S. The van der Waals surface area contributed by atoms with Crippen LogP contribution in [0.5, 0.6) is 0 Å². The predicted octanol–water partition coefficient (Wildman–Crippen LogP) is -0.370. The van der Waals surface area contributed by atoms with Crippen LogP contribution in [-0.4, -0.2) is 66.6 Å². The van der Waals surface area contributed by atoms with Crippen molar-refractivity contribution in [1.82, 2.24) is 13.5 Å². The van der Waals surface area contributed by atoms with Gasteiger partial charge >= 0.3 is 0 Å². The molecule has 2 saturated heterocycles. The fourth-order valence-corrected chi connectivity index (χ4v) is 4.48. The molecule has 3 rings (SSSR count). The standard InChI is InChI=1S/C11H19N3O3S/c1-12(2)18(16,17)13-6-5-9-10(13)7-11(15)14(9)8-3-4-8/h8-10H,3-7H2,1-2H3/t9-,10-/m0/s1. The van der Waals surface area contributed by atoms with Gasteiger partial charge in [-0.3, -0.25) is 4.79 Å². The highest BCUT2D eigenvalue weighted by molar-refractivity contribution is 7.86. The number of carbonyl (C=O) groups excluding carboxylic acids is 1. The quantitative estimate of drug-likeness (QED) is 0.705. The molecule has 0 radical (unpaired) electrons. The number of hydrogen-bond donors (Lipinski definition) is 0. The van der Waals surface area contributed by atoms with E-state index >= 15 is 0 Å². The fourth-order valence-electron chi connectivity index (χ4n) is 3.16. The van der Waals surface area contributed by atoms with Crippen LogP contribution in [0.25, 0.3) is 0 Å². The van der Waals surface area contributed by atoms with Gasteiger partial charge in [0.1, 0.15) is 0 Å². The van der Waals surface area contributed by atoms with Gasteiger partial charge in [-0.25, -0.2) is 0 Å². The Morgan fingerprint density at radius 2 is 1.83 bits per heavy atom. The molecule has 102 valence electrons. The molecule has 0 aromatic rings. The molecule has 0 bridgehead atoms. The summed E-state index contributed by atoms with van der Waals surface area (Å²) < 4.78 is 27.1. The molecular weight excluding hydrogens is 254 g/mol. The van der Waals surface area contributed by atoms with E-state index in [1.165, 1.54) is 22.7 Å². The Morgan fingerprint density at radius 1 is 1.17 bits per heavy atom. The molecule has 0 aromatic heterocycles. The van der Waals surface area contributed by atoms with Gasteiger partial charge in [0, 0.05) is 33.1 Å². The minimum Gasteiger partial charge on any atom is -0.335 e. The SMILES string of the molecule is CN(C)S(=O)(=O)N1CC[C@H]2[C@@H]1CC(=O)N2C1CC1. The van der Waals surface area contributed by atoms with Crippen molar-refractivity contribution >= 4 is 16.1 Å². The first kappa shape index (κ1) is 12.4. The molecule has 0 spiro atoms. The van der Waals surface area contributed by atoms with Crippen LogP contribution in [0.3, 0.4) is 0 Å². The van der Waals surface area contributed by atoms with Crippen molar-refractivity contribution in [2.75, 3.05) is 20.6 Å². The summed E-state index contributed by atoms with van der Waals surface area (Å²) in [7, 11) is -0.316. The number of fused-ring (bicyclic) bond motifs is 1. The Morgan fingerprint density at radius 3 is 2.39 bits per heavy atom. The predicted molar refractivity (Wildman–Crippen MR) is 66.0 cm³/mol. The molecule has 1 saturated carbocycles. The lowest BCUT2D eigenvalue weighted by Gasteiger charge is -2.26. The fraction of sp³-hybridized carbons (Fsp3) is 0.909. The van der Waals surface area contributed by atoms with Gasteiger partial charge in [0.25, 0.3) is 10.2 Å². The topological polar surface area (TPSA) is 60.9 Å². The van der Waals surface area contributed by atoms with E-state index in [1.54, 1.807) is 0 Å². The molecule has 6 nitrogen and oxygen atoms in total. The molecule has 7 heteroatoms. The smallest absolute Gasteiger partial charge is 0.281 e. The maximum absolute atomic E-state index is 12.2. The van der Waals surface area contributed by atoms with Crippen molar-refractivity contribution in [3.63, 3.8) is 0 Å². The molecule has 2 aliphatic heterocycles. The van der Waals surface area contributed by atoms with E-state index in [2.05, 4.69) is 0 Å². The van der Waals surface area contributed by atoms with Crippen LogP contribution in [0.2, 0.25) is 0 Å². The Kier molecular flexibility index (Phi) is 2.69. The Hall–Kier alpha value is -0.660. The van der Waals surface area contributed by atoms with Gasteiger partial charge in [-0.05, 0) is 19.3 Å². The largest absolute Gasteiger partial charge is 0.335 e. The van der Waals surface area contributed by atoms with Crippen LogP contribution in [0.15, 0.2) is 0 Å². The number of carbonyl (C=O) groups is 1. The van der Waals surface area contributed by atoms with E-state index in [9.17, 15) is 13.2 Å². The van der Waals surface area contributed by atoms with Crippen molar-refractivity contribution < 1.29 is 13.2 Å². The first-order chi connectivity index (χ1) is 8.43. The van der Waals surface area contributed by atoms with Crippen LogP contribution in [0.4, 0.5) is 0 Å². The van der Waals surface area contributed by atoms with Gasteiger partial charge in [-0.15, -0.1) is 0 Å². The Bertz CT molecular complexity index is 472.